The molecule has 6 nitrogen and oxygen atoms in total. The Bertz CT molecular complexity index is 1170. The number of hydrogen-bond acceptors (Lipinski definition) is 6. The van der Waals surface area contributed by atoms with Crippen molar-refractivity contribution in [3.05, 3.63) is 77.7 Å². The summed E-state index contributed by atoms with van der Waals surface area (Å²) in [6, 6.07) is 16.8. The number of nitrogens with zero attached hydrogens (tertiary/aromatic N) is 2. The molecule has 0 fully saturated rings. The van der Waals surface area contributed by atoms with Crippen LogP contribution in [0.25, 0.3) is 10.9 Å². The molecule has 2 aromatic heterocycles. The number of ether oxygens (including phenoxy) is 2. The highest BCUT2D eigenvalue weighted by Gasteiger charge is 2.10. The zero-order valence-corrected chi connectivity index (χ0v) is 17.2. The Morgan fingerprint density at radius 2 is 1.87 bits per heavy atom. The zero-order chi connectivity index (χ0) is 20.9. The predicted molar refractivity (Wildman–Crippen MR) is 121 cm³/mol. The van der Waals surface area contributed by atoms with Gasteiger partial charge in [0.25, 0.3) is 0 Å². The first-order valence-electron chi connectivity index (χ1n) is 9.54. The number of halogens is 1. The van der Waals surface area contributed by atoms with E-state index < -0.39 is 0 Å². The number of rotatable bonds is 7. The first-order chi connectivity index (χ1) is 14.6. The third-order valence-corrected chi connectivity index (χ3v) is 4.78. The Hall–Kier alpha value is -3.51. The molecule has 3 N–H and O–H groups in total. The van der Waals surface area contributed by atoms with Gasteiger partial charge in [0.05, 0.1) is 28.5 Å². The number of anilines is 3. The van der Waals surface area contributed by atoms with Gasteiger partial charge in [-0.1, -0.05) is 17.7 Å². The standard InChI is InChI=1S/C23H21ClN4O2/c1-2-29-23-13-21-17(12-19(23)25)20(8-10-27-21)28-15-6-7-22(18(24)11-15)30-14-16-5-3-4-9-26-16/h3-13H,2,14,25H2,1H3,(H,27,28). The second-order valence-corrected chi connectivity index (χ2v) is 6.99. The molecule has 0 aliphatic rings. The molecule has 0 radical (unpaired) electrons. The molecule has 0 bridgehead atoms. The monoisotopic (exact) mass is 420 g/mol. The van der Waals surface area contributed by atoms with Crippen LogP contribution in [0.2, 0.25) is 5.02 Å². The predicted octanol–water partition coefficient (Wildman–Crippen LogP) is 5.59. The number of nitrogen functional groups attached to an aromatic ring is 1. The fourth-order valence-corrected chi connectivity index (χ4v) is 3.30. The number of fused-ring (bicyclic) bond motifs is 1. The van der Waals surface area contributed by atoms with Gasteiger partial charge in [-0.25, -0.2) is 0 Å². The molecular weight excluding hydrogens is 400 g/mol. The van der Waals surface area contributed by atoms with Crippen molar-refractivity contribution in [3.63, 3.8) is 0 Å². The minimum atomic E-state index is 0.351. The van der Waals surface area contributed by atoms with Crippen LogP contribution >= 0.6 is 11.6 Å². The molecule has 152 valence electrons. The van der Waals surface area contributed by atoms with Crippen LogP contribution in [-0.2, 0) is 6.61 Å². The van der Waals surface area contributed by atoms with E-state index in [9.17, 15) is 0 Å². The maximum atomic E-state index is 6.43. The lowest BCUT2D eigenvalue weighted by Crippen LogP contribution is -2.00. The van der Waals surface area contributed by atoms with Crippen LogP contribution in [0.1, 0.15) is 12.6 Å². The first-order valence-corrected chi connectivity index (χ1v) is 9.92. The number of nitrogens with one attached hydrogen (secondary N) is 1. The van der Waals surface area contributed by atoms with Crippen molar-refractivity contribution in [3.8, 4) is 11.5 Å². The Labute approximate surface area is 179 Å². The maximum Gasteiger partial charge on any atom is 0.144 e. The van der Waals surface area contributed by atoms with E-state index in [2.05, 4.69) is 15.3 Å². The highest BCUT2D eigenvalue weighted by atomic mass is 35.5. The maximum absolute atomic E-state index is 6.43. The highest BCUT2D eigenvalue weighted by molar-refractivity contribution is 6.32. The number of benzene rings is 2. The van der Waals surface area contributed by atoms with Gasteiger partial charge in [0.1, 0.15) is 18.1 Å². The van der Waals surface area contributed by atoms with Crippen molar-refractivity contribution < 1.29 is 9.47 Å². The van der Waals surface area contributed by atoms with Gasteiger partial charge in [-0.3, -0.25) is 9.97 Å². The quantitative estimate of drug-likeness (QED) is 0.379. The largest absolute Gasteiger partial charge is 0.492 e. The number of aromatic nitrogens is 2. The molecule has 0 amide bonds. The first kappa shape index (κ1) is 19.8. The van der Waals surface area contributed by atoms with Crippen LogP contribution in [0.4, 0.5) is 17.1 Å². The van der Waals surface area contributed by atoms with Gasteiger partial charge in [-0.2, -0.15) is 0 Å². The van der Waals surface area contributed by atoms with E-state index in [4.69, 9.17) is 26.8 Å². The fraction of sp³-hybridized carbons (Fsp3) is 0.130. The van der Waals surface area contributed by atoms with Crippen LogP contribution < -0.4 is 20.5 Å². The molecule has 2 aromatic carbocycles. The molecule has 4 rings (SSSR count). The van der Waals surface area contributed by atoms with E-state index in [0.717, 1.165) is 28.0 Å². The topological polar surface area (TPSA) is 82.3 Å². The van der Waals surface area contributed by atoms with Gasteiger partial charge in [0.2, 0.25) is 0 Å². The minimum Gasteiger partial charge on any atom is -0.492 e. The van der Waals surface area contributed by atoms with Crippen molar-refractivity contribution in [2.24, 2.45) is 0 Å². The van der Waals surface area contributed by atoms with E-state index in [1.54, 1.807) is 12.4 Å². The summed E-state index contributed by atoms with van der Waals surface area (Å²) >= 11 is 6.43. The average Bonchev–Trinajstić information content (AvgIpc) is 2.75. The van der Waals surface area contributed by atoms with Crippen LogP contribution in [0.3, 0.4) is 0 Å². The molecule has 0 saturated heterocycles. The third-order valence-electron chi connectivity index (χ3n) is 4.49. The molecule has 0 atom stereocenters. The van der Waals surface area contributed by atoms with Crippen molar-refractivity contribution in [2.75, 3.05) is 17.7 Å². The van der Waals surface area contributed by atoms with Crippen molar-refractivity contribution in [1.82, 2.24) is 9.97 Å². The van der Waals surface area contributed by atoms with Gasteiger partial charge in [0.15, 0.2) is 0 Å². The molecule has 0 aliphatic heterocycles. The molecule has 7 heteroatoms. The summed E-state index contributed by atoms with van der Waals surface area (Å²) in [6.07, 6.45) is 3.47. The van der Waals surface area contributed by atoms with Crippen molar-refractivity contribution >= 4 is 39.6 Å². The summed E-state index contributed by atoms with van der Waals surface area (Å²) in [5.74, 6) is 1.23. The minimum absolute atomic E-state index is 0.351. The normalized spacial score (nSPS) is 10.7. The molecule has 4 aromatic rings. The second kappa shape index (κ2) is 8.88. The van der Waals surface area contributed by atoms with Gasteiger partial charge < -0.3 is 20.5 Å². The van der Waals surface area contributed by atoms with Crippen LogP contribution in [0.15, 0.2) is 67.0 Å². The van der Waals surface area contributed by atoms with Crippen LogP contribution in [-0.4, -0.2) is 16.6 Å². The van der Waals surface area contributed by atoms with Crippen LogP contribution in [0, 0.1) is 0 Å². The molecule has 2 heterocycles. The Kier molecular flexibility index (Phi) is 5.86. The lowest BCUT2D eigenvalue weighted by molar-refractivity contribution is 0.301. The lowest BCUT2D eigenvalue weighted by Gasteiger charge is -2.14. The summed E-state index contributed by atoms with van der Waals surface area (Å²) < 4.78 is 11.4. The molecule has 0 aliphatic carbocycles. The lowest BCUT2D eigenvalue weighted by atomic mass is 10.1. The van der Waals surface area contributed by atoms with Gasteiger partial charge >= 0.3 is 0 Å². The SMILES string of the molecule is CCOc1cc2nccc(Nc3ccc(OCc4ccccn4)c(Cl)c3)c2cc1N. The summed E-state index contributed by atoms with van der Waals surface area (Å²) in [5.41, 5.74) is 10.0. The van der Waals surface area contributed by atoms with E-state index in [-0.39, 0.29) is 0 Å². The van der Waals surface area contributed by atoms with E-state index in [1.165, 1.54) is 0 Å². The van der Waals surface area contributed by atoms with Crippen molar-refractivity contribution in [2.45, 2.75) is 13.5 Å². The van der Waals surface area contributed by atoms with Crippen molar-refractivity contribution in [1.29, 1.82) is 0 Å². The van der Waals surface area contributed by atoms with Gasteiger partial charge in [0, 0.05) is 35.2 Å². The molecule has 0 saturated carbocycles. The average molecular weight is 421 g/mol. The Balaban J connectivity index is 1.55. The van der Waals surface area contributed by atoms with E-state index in [0.29, 0.717) is 35.4 Å². The summed E-state index contributed by atoms with van der Waals surface area (Å²) in [4.78, 5) is 8.67. The third kappa shape index (κ3) is 4.39. The Morgan fingerprint density at radius 3 is 2.63 bits per heavy atom. The van der Waals surface area contributed by atoms with Gasteiger partial charge in [-0.15, -0.1) is 0 Å². The van der Waals surface area contributed by atoms with E-state index >= 15 is 0 Å². The Morgan fingerprint density at radius 1 is 0.967 bits per heavy atom. The summed E-state index contributed by atoms with van der Waals surface area (Å²) in [7, 11) is 0. The second-order valence-electron chi connectivity index (χ2n) is 6.58. The number of nitrogens with two attached hydrogens (primary N) is 1. The van der Waals surface area contributed by atoms with Gasteiger partial charge in [-0.05, 0) is 49.4 Å². The summed E-state index contributed by atoms with van der Waals surface area (Å²) in [5, 5.41) is 4.78. The zero-order valence-electron chi connectivity index (χ0n) is 16.4. The molecule has 0 unspecified atom stereocenters. The number of pyridine rings is 2. The molecule has 30 heavy (non-hydrogen) atoms. The van der Waals surface area contributed by atoms with E-state index in [1.807, 2.05) is 61.5 Å². The smallest absolute Gasteiger partial charge is 0.144 e. The molecular formula is C23H21ClN4O2. The highest BCUT2D eigenvalue weighted by Crippen LogP contribution is 2.34. The summed E-state index contributed by atoms with van der Waals surface area (Å²) in [6.45, 7) is 2.81. The van der Waals surface area contributed by atoms with Crippen LogP contribution in [0.5, 0.6) is 11.5 Å². The molecule has 0 spiro atoms. The fourth-order valence-electron chi connectivity index (χ4n) is 3.07. The number of hydrogen-bond donors (Lipinski definition) is 2.